The summed E-state index contributed by atoms with van der Waals surface area (Å²) in [4.78, 5) is 34.5. The summed E-state index contributed by atoms with van der Waals surface area (Å²) in [6, 6.07) is 20.6. The Bertz CT molecular complexity index is 1350. The third-order valence-corrected chi connectivity index (χ3v) is 15.0. The monoisotopic (exact) mass is 712 g/mol. The van der Waals surface area contributed by atoms with Crippen LogP contribution in [-0.2, 0) is 0 Å². The van der Waals surface area contributed by atoms with Crippen molar-refractivity contribution in [1.29, 1.82) is 0 Å². The highest BCUT2D eigenvalue weighted by atomic mass is 32.2. The summed E-state index contributed by atoms with van der Waals surface area (Å²) in [6.07, 6.45) is 16.7. The maximum Gasteiger partial charge on any atom is 0.315 e. The number of carbonyl (C=O) groups is 2. The smallest absolute Gasteiger partial charge is 0.315 e. The first-order valence-corrected chi connectivity index (χ1v) is 21.5. The lowest BCUT2D eigenvalue weighted by Crippen LogP contribution is -2.47. The minimum absolute atomic E-state index is 0.250. The summed E-state index contributed by atoms with van der Waals surface area (Å²) >= 11 is 1.81. The van der Waals surface area contributed by atoms with Gasteiger partial charge in [-0.25, -0.2) is 9.59 Å². The number of carbonyl (C=O) groups excluding carboxylic acids is 2. The lowest BCUT2D eigenvalue weighted by molar-refractivity contribution is 0.142. The Labute approximate surface area is 310 Å². The van der Waals surface area contributed by atoms with Crippen LogP contribution in [0.15, 0.2) is 48.5 Å². The maximum absolute atomic E-state index is 12.5. The Morgan fingerprint density at radius 3 is 1.20 bits per heavy atom. The molecule has 6 aliphatic rings. The number of thioether (sulfide) groups is 1. The number of hydrogen-bond acceptors (Lipinski definition) is 5. The second kappa shape index (κ2) is 15.7. The lowest BCUT2D eigenvalue weighted by atomic mass is 9.83. The third-order valence-electron chi connectivity index (χ3n) is 14.1. The number of nitrogens with two attached hydrogens (primary N) is 2. The van der Waals surface area contributed by atoms with Gasteiger partial charge < -0.3 is 21.3 Å². The third kappa shape index (κ3) is 7.28. The van der Waals surface area contributed by atoms with Crippen LogP contribution in [0.5, 0.6) is 0 Å². The molecular weight excluding hydrogens is 653 g/mol. The van der Waals surface area contributed by atoms with Gasteiger partial charge in [-0.1, -0.05) is 48.5 Å². The van der Waals surface area contributed by atoms with Gasteiger partial charge in [0.1, 0.15) is 0 Å². The second-order valence-electron chi connectivity index (χ2n) is 16.6. The van der Waals surface area contributed by atoms with Gasteiger partial charge in [-0.15, -0.1) is 0 Å². The molecule has 0 aromatic heterocycles. The summed E-state index contributed by atoms with van der Waals surface area (Å²) in [5, 5.41) is 0. The van der Waals surface area contributed by atoms with Gasteiger partial charge >= 0.3 is 12.1 Å². The second-order valence-corrected chi connectivity index (χ2v) is 17.8. The topological polar surface area (TPSA) is 99.1 Å². The normalized spacial score (nSPS) is 31.1. The minimum atomic E-state index is -0.289. The highest BCUT2D eigenvalue weighted by molar-refractivity contribution is 7.99. The molecule has 51 heavy (non-hydrogen) atoms. The predicted molar refractivity (Wildman–Crippen MR) is 206 cm³/mol. The average molecular weight is 713 g/mol. The van der Waals surface area contributed by atoms with Crippen LogP contribution >= 0.6 is 11.8 Å². The van der Waals surface area contributed by atoms with E-state index in [-0.39, 0.29) is 24.1 Å². The molecule has 2 aromatic carbocycles. The van der Waals surface area contributed by atoms with Gasteiger partial charge in [0, 0.05) is 60.8 Å². The number of benzene rings is 2. The van der Waals surface area contributed by atoms with Crippen LogP contribution < -0.4 is 11.5 Å². The number of primary amides is 2. The Morgan fingerprint density at radius 2 is 0.882 bits per heavy atom. The fourth-order valence-electron chi connectivity index (χ4n) is 11.5. The highest BCUT2D eigenvalue weighted by Gasteiger charge is 2.44. The van der Waals surface area contributed by atoms with Crippen molar-refractivity contribution in [3.8, 4) is 0 Å². The summed E-state index contributed by atoms with van der Waals surface area (Å²) in [5.41, 5.74) is 18.1. The SMILES string of the molecule is NC(=O)N(CCSCCN(C(N)=O)C1CCC(CCN2[C@@H]3CC[C@H]2c2ccccc23)CC1)C1CCC(CCN2[C@@H]3CC[C@H]2c2ccccc23)CC1. The molecule has 4 atom stereocenters. The molecule has 4 N–H and O–H groups in total. The van der Waals surface area contributed by atoms with Gasteiger partial charge in [0.15, 0.2) is 0 Å². The van der Waals surface area contributed by atoms with Crippen LogP contribution in [0.25, 0.3) is 0 Å². The fraction of sp³-hybridized carbons (Fsp3) is 0.667. The van der Waals surface area contributed by atoms with Crippen molar-refractivity contribution in [3.05, 3.63) is 70.8 Å². The van der Waals surface area contributed by atoms with Crippen molar-refractivity contribution in [3.63, 3.8) is 0 Å². The summed E-state index contributed by atoms with van der Waals surface area (Å²) in [7, 11) is 0. The Morgan fingerprint density at radius 1 is 0.549 bits per heavy atom. The standard InChI is InChI=1S/C42H60N6O2S/c43-41(49)45(31-13-9-29(10-14-31)21-23-47-37-17-18-38(47)34-6-2-1-5-33(34)37)25-27-51-28-26-46(42(44)50)32-15-11-30(12-16-32)22-24-48-39-19-20-40(48)36-8-4-3-7-35(36)39/h1-8,29-32,37-40H,9-28H2,(H2,43,49)(H2,44,50)/t29?,30?,31?,32?,37-,38+,39-,40+. The number of hydrogen-bond donors (Lipinski definition) is 2. The minimum Gasteiger partial charge on any atom is -0.351 e. The molecule has 4 aliphatic heterocycles. The van der Waals surface area contributed by atoms with Crippen LogP contribution in [0.1, 0.15) is 136 Å². The van der Waals surface area contributed by atoms with Crippen molar-refractivity contribution in [1.82, 2.24) is 19.6 Å². The van der Waals surface area contributed by atoms with Gasteiger partial charge in [-0.2, -0.15) is 11.8 Å². The highest BCUT2D eigenvalue weighted by Crippen LogP contribution is 2.54. The Kier molecular flexibility index (Phi) is 10.9. The molecule has 9 heteroatoms. The van der Waals surface area contributed by atoms with Crippen molar-refractivity contribution in [2.24, 2.45) is 23.3 Å². The molecule has 4 amide bonds. The van der Waals surface area contributed by atoms with Crippen molar-refractivity contribution in [2.45, 2.75) is 126 Å². The van der Waals surface area contributed by atoms with Crippen molar-refractivity contribution >= 4 is 23.8 Å². The quantitative estimate of drug-likeness (QED) is 0.193. The van der Waals surface area contributed by atoms with Crippen molar-refractivity contribution in [2.75, 3.05) is 37.7 Å². The molecule has 0 radical (unpaired) electrons. The van der Waals surface area contributed by atoms with E-state index in [4.69, 9.17) is 11.5 Å². The number of amides is 4. The van der Waals surface area contributed by atoms with Crippen LogP contribution in [0.2, 0.25) is 0 Å². The molecule has 2 saturated carbocycles. The largest absolute Gasteiger partial charge is 0.351 e. The number of nitrogens with zero attached hydrogens (tertiary/aromatic N) is 4. The molecule has 4 bridgehead atoms. The first-order chi connectivity index (χ1) is 25.0. The molecule has 0 spiro atoms. The van der Waals surface area contributed by atoms with E-state index in [0.717, 1.165) is 49.0 Å². The van der Waals surface area contributed by atoms with Gasteiger partial charge in [-0.3, -0.25) is 9.80 Å². The van der Waals surface area contributed by atoms with Gasteiger partial charge in [0.2, 0.25) is 0 Å². The summed E-state index contributed by atoms with van der Waals surface area (Å²) in [6.45, 7) is 3.73. The molecule has 2 aromatic rings. The molecule has 276 valence electrons. The van der Waals surface area contributed by atoms with E-state index in [1.165, 1.54) is 77.3 Å². The van der Waals surface area contributed by atoms with Gasteiger partial charge in [-0.05, 0) is 137 Å². The Hall–Kier alpha value is -2.75. The molecular formula is C42H60N6O2S. The summed E-state index contributed by atoms with van der Waals surface area (Å²) < 4.78 is 0. The van der Waals surface area contributed by atoms with E-state index < -0.39 is 0 Å². The zero-order valence-electron chi connectivity index (χ0n) is 30.5. The van der Waals surface area contributed by atoms with E-state index >= 15 is 0 Å². The zero-order valence-corrected chi connectivity index (χ0v) is 31.4. The molecule has 0 unspecified atom stereocenters. The Balaban J connectivity index is 0.719. The van der Waals surface area contributed by atoms with Crippen LogP contribution in [0, 0.1) is 11.8 Å². The molecule has 2 saturated heterocycles. The van der Waals surface area contributed by atoms with Crippen LogP contribution in [0.4, 0.5) is 9.59 Å². The van der Waals surface area contributed by atoms with E-state index in [1.807, 2.05) is 21.6 Å². The van der Waals surface area contributed by atoms with Gasteiger partial charge in [0.05, 0.1) is 0 Å². The summed E-state index contributed by atoms with van der Waals surface area (Å²) in [5.74, 6) is 3.15. The van der Waals surface area contributed by atoms with E-state index in [1.54, 1.807) is 22.3 Å². The number of fused-ring (bicyclic) bond motifs is 10. The first kappa shape index (κ1) is 35.3. The zero-order chi connectivity index (χ0) is 34.9. The maximum atomic E-state index is 12.5. The van der Waals surface area contributed by atoms with Crippen LogP contribution in [-0.4, -0.2) is 81.4 Å². The average Bonchev–Trinajstić information content (AvgIpc) is 3.91. The fourth-order valence-corrected chi connectivity index (χ4v) is 12.3. The molecule has 8 nitrogen and oxygen atoms in total. The molecule has 4 heterocycles. The molecule has 2 aliphatic carbocycles. The van der Waals surface area contributed by atoms with Crippen molar-refractivity contribution < 1.29 is 9.59 Å². The molecule has 8 rings (SSSR count). The number of urea groups is 2. The number of rotatable bonds is 14. The van der Waals surface area contributed by atoms with E-state index in [2.05, 4.69) is 58.3 Å². The van der Waals surface area contributed by atoms with Crippen LogP contribution in [0.3, 0.4) is 0 Å². The molecule has 4 fully saturated rings. The van der Waals surface area contributed by atoms with E-state index in [9.17, 15) is 9.59 Å². The first-order valence-electron chi connectivity index (χ1n) is 20.3. The predicted octanol–water partition coefficient (Wildman–Crippen LogP) is 8.16. The lowest BCUT2D eigenvalue weighted by Gasteiger charge is -2.37. The van der Waals surface area contributed by atoms with Gasteiger partial charge in [0.25, 0.3) is 0 Å². The van der Waals surface area contributed by atoms with E-state index in [0.29, 0.717) is 37.3 Å².